The van der Waals surface area contributed by atoms with Crippen molar-refractivity contribution in [3.8, 4) is 5.75 Å². The first-order valence-electron chi connectivity index (χ1n) is 11.9. The quantitative estimate of drug-likeness (QED) is 0.349. The molecule has 0 saturated carbocycles. The Kier molecular flexibility index (Phi) is 6.94. The van der Waals surface area contributed by atoms with Crippen molar-refractivity contribution >= 4 is 27.3 Å². The molecule has 5 rings (SSSR count). The number of rotatable bonds is 7. The zero-order chi connectivity index (χ0) is 25.8. The summed E-state index contributed by atoms with van der Waals surface area (Å²) in [6.45, 7) is 2.06. The standard InChI is InChI=1S/C29H27N3O4S/c1-21-11-15-24(16-12-21)30-28(33)20-36-25-17-13-23(14-18-25)29-31-26-9-5-6-10-27(26)37(34,35)32(29)19-22-7-3-2-4-8-22/h2-18,29,31H,19-20H2,1H3,(H,30,33)/t29-/m1/s1. The fraction of sp³-hybridized carbons (Fsp3) is 0.138. The van der Waals surface area contributed by atoms with Crippen LogP contribution in [0.15, 0.2) is 108 Å². The topological polar surface area (TPSA) is 87.7 Å². The highest BCUT2D eigenvalue weighted by atomic mass is 32.2. The third-order valence-electron chi connectivity index (χ3n) is 6.14. The van der Waals surface area contributed by atoms with Gasteiger partial charge in [0.05, 0.1) is 5.69 Å². The zero-order valence-electron chi connectivity index (χ0n) is 20.3. The normalized spacial score (nSPS) is 16.3. The van der Waals surface area contributed by atoms with Crippen LogP contribution >= 0.6 is 0 Å². The summed E-state index contributed by atoms with van der Waals surface area (Å²) >= 11 is 0. The van der Waals surface area contributed by atoms with E-state index in [1.807, 2.05) is 79.7 Å². The molecule has 37 heavy (non-hydrogen) atoms. The second-order valence-corrected chi connectivity index (χ2v) is 10.7. The summed E-state index contributed by atoms with van der Waals surface area (Å²) in [5.41, 5.74) is 4.02. The van der Waals surface area contributed by atoms with Gasteiger partial charge in [-0.2, -0.15) is 4.31 Å². The Labute approximate surface area is 216 Å². The van der Waals surface area contributed by atoms with Crippen molar-refractivity contribution in [1.82, 2.24) is 4.31 Å². The number of sulfonamides is 1. The second-order valence-electron chi connectivity index (χ2n) is 8.85. The van der Waals surface area contributed by atoms with Crippen LogP contribution in [0, 0.1) is 6.92 Å². The number of para-hydroxylation sites is 1. The van der Waals surface area contributed by atoms with Gasteiger partial charge in [-0.25, -0.2) is 8.42 Å². The van der Waals surface area contributed by atoms with Gasteiger partial charge in [-0.05, 0) is 54.4 Å². The number of fused-ring (bicyclic) bond motifs is 1. The lowest BCUT2D eigenvalue weighted by atomic mass is 10.1. The molecule has 8 heteroatoms. The summed E-state index contributed by atoms with van der Waals surface area (Å²) in [6.07, 6.45) is -0.612. The van der Waals surface area contributed by atoms with Crippen LogP contribution in [-0.4, -0.2) is 25.2 Å². The number of nitrogens with one attached hydrogen (secondary N) is 2. The van der Waals surface area contributed by atoms with Crippen LogP contribution in [0.4, 0.5) is 11.4 Å². The van der Waals surface area contributed by atoms with E-state index in [4.69, 9.17) is 4.74 Å². The minimum Gasteiger partial charge on any atom is -0.484 e. The molecule has 2 N–H and O–H groups in total. The fourth-order valence-corrected chi connectivity index (χ4v) is 5.89. The van der Waals surface area contributed by atoms with Gasteiger partial charge in [0.15, 0.2) is 6.61 Å². The minimum absolute atomic E-state index is 0.142. The molecule has 1 heterocycles. The number of carbonyl (C=O) groups excluding carboxylic acids is 1. The van der Waals surface area contributed by atoms with Crippen LogP contribution in [0.25, 0.3) is 0 Å². The van der Waals surface area contributed by atoms with Gasteiger partial charge < -0.3 is 15.4 Å². The molecule has 0 saturated heterocycles. The predicted octanol–water partition coefficient (Wildman–Crippen LogP) is 5.33. The maximum atomic E-state index is 13.6. The highest BCUT2D eigenvalue weighted by Crippen LogP contribution is 2.39. The summed E-state index contributed by atoms with van der Waals surface area (Å²) in [5.74, 6) is 0.245. The molecule has 0 unspecified atom stereocenters. The molecule has 188 valence electrons. The van der Waals surface area contributed by atoms with E-state index in [1.54, 1.807) is 30.3 Å². The number of aryl methyl sites for hydroxylation is 1. The third kappa shape index (κ3) is 5.50. The average Bonchev–Trinajstić information content (AvgIpc) is 2.91. The summed E-state index contributed by atoms with van der Waals surface area (Å²) in [5, 5.41) is 6.18. The van der Waals surface area contributed by atoms with E-state index >= 15 is 0 Å². The molecule has 1 amide bonds. The maximum Gasteiger partial charge on any atom is 0.262 e. The lowest BCUT2D eigenvalue weighted by Crippen LogP contribution is -2.42. The average molecular weight is 514 g/mol. The van der Waals surface area contributed by atoms with Gasteiger partial charge in [0.2, 0.25) is 10.0 Å². The van der Waals surface area contributed by atoms with Gasteiger partial charge >= 0.3 is 0 Å². The molecule has 4 aromatic rings. The SMILES string of the molecule is Cc1ccc(NC(=O)COc2ccc([C@@H]3Nc4ccccc4S(=O)(=O)N3Cc3ccccc3)cc2)cc1. The van der Waals surface area contributed by atoms with Crippen molar-refractivity contribution in [2.75, 3.05) is 17.2 Å². The van der Waals surface area contributed by atoms with Gasteiger partial charge in [-0.3, -0.25) is 4.79 Å². The summed E-state index contributed by atoms with van der Waals surface area (Å²) in [4.78, 5) is 12.5. The van der Waals surface area contributed by atoms with E-state index in [1.165, 1.54) is 4.31 Å². The number of anilines is 2. The van der Waals surface area contributed by atoms with Crippen LogP contribution < -0.4 is 15.4 Å². The second kappa shape index (κ2) is 10.5. The molecule has 0 aromatic heterocycles. The Balaban J connectivity index is 1.33. The van der Waals surface area contributed by atoms with Gasteiger partial charge in [-0.15, -0.1) is 0 Å². The van der Waals surface area contributed by atoms with Crippen LogP contribution in [0.1, 0.15) is 22.9 Å². The van der Waals surface area contributed by atoms with Crippen LogP contribution in [0.2, 0.25) is 0 Å². The highest BCUT2D eigenvalue weighted by Gasteiger charge is 2.38. The molecule has 4 aromatic carbocycles. The molecule has 0 radical (unpaired) electrons. The Bertz CT molecular complexity index is 1490. The Morgan fingerprint density at radius 2 is 1.57 bits per heavy atom. The number of amides is 1. The molecule has 0 bridgehead atoms. The third-order valence-corrected chi connectivity index (χ3v) is 8.01. The lowest BCUT2D eigenvalue weighted by molar-refractivity contribution is -0.118. The van der Waals surface area contributed by atoms with Gasteiger partial charge in [0.25, 0.3) is 5.91 Å². The summed E-state index contributed by atoms with van der Waals surface area (Å²) < 4.78 is 34.4. The summed E-state index contributed by atoms with van der Waals surface area (Å²) in [7, 11) is -3.76. The van der Waals surface area contributed by atoms with E-state index in [0.29, 0.717) is 17.1 Å². The predicted molar refractivity (Wildman–Crippen MR) is 144 cm³/mol. The van der Waals surface area contributed by atoms with E-state index in [-0.39, 0.29) is 24.0 Å². The maximum absolute atomic E-state index is 13.6. The molecular formula is C29H27N3O4S. The number of ether oxygens (including phenoxy) is 1. The van der Waals surface area contributed by atoms with E-state index in [9.17, 15) is 13.2 Å². The molecule has 1 aliphatic rings. The molecule has 7 nitrogen and oxygen atoms in total. The van der Waals surface area contributed by atoms with Crippen LogP contribution in [-0.2, 0) is 21.4 Å². The van der Waals surface area contributed by atoms with Crippen molar-refractivity contribution in [2.45, 2.75) is 24.5 Å². The van der Waals surface area contributed by atoms with Crippen molar-refractivity contribution in [1.29, 1.82) is 0 Å². The fourth-order valence-electron chi connectivity index (χ4n) is 4.21. The highest BCUT2D eigenvalue weighted by molar-refractivity contribution is 7.89. The molecule has 1 atom stereocenters. The Morgan fingerprint density at radius 1 is 0.892 bits per heavy atom. The van der Waals surface area contributed by atoms with Gasteiger partial charge in [0, 0.05) is 12.2 Å². The van der Waals surface area contributed by atoms with E-state index < -0.39 is 16.2 Å². The Hall–Kier alpha value is -4.14. The van der Waals surface area contributed by atoms with Crippen molar-refractivity contribution in [3.63, 3.8) is 0 Å². The molecule has 0 fully saturated rings. The zero-order valence-corrected chi connectivity index (χ0v) is 21.1. The molecule has 0 spiro atoms. The van der Waals surface area contributed by atoms with Crippen molar-refractivity contribution in [2.24, 2.45) is 0 Å². The van der Waals surface area contributed by atoms with Crippen LogP contribution in [0.3, 0.4) is 0 Å². The Morgan fingerprint density at radius 3 is 2.30 bits per heavy atom. The van der Waals surface area contributed by atoms with Crippen LogP contribution in [0.5, 0.6) is 5.75 Å². The van der Waals surface area contributed by atoms with Crippen molar-refractivity contribution < 1.29 is 17.9 Å². The number of carbonyl (C=O) groups is 1. The van der Waals surface area contributed by atoms with Gasteiger partial charge in [-0.1, -0.05) is 72.3 Å². The lowest BCUT2D eigenvalue weighted by Gasteiger charge is -2.37. The largest absolute Gasteiger partial charge is 0.484 e. The number of hydrogen-bond donors (Lipinski definition) is 2. The van der Waals surface area contributed by atoms with Gasteiger partial charge in [0.1, 0.15) is 16.8 Å². The first kappa shape index (κ1) is 24.5. The molecule has 1 aliphatic heterocycles. The smallest absolute Gasteiger partial charge is 0.262 e. The molecular weight excluding hydrogens is 486 g/mol. The van der Waals surface area contributed by atoms with E-state index in [0.717, 1.165) is 16.7 Å². The first-order valence-corrected chi connectivity index (χ1v) is 13.3. The number of benzene rings is 4. The van der Waals surface area contributed by atoms with E-state index in [2.05, 4.69) is 10.6 Å². The first-order chi connectivity index (χ1) is 17.9. The van der Waals surface area contributed by atoms with Crippen molar-refractivity contribution in [3.05, 3.63) is 120 Å². The number of hydrogen-bond acceptors (Lipinski definition) is 5. The minimum atomic E-state index is -3.76. The monoisotopic (exact) mass is 513 g/mol. The number of nitrogens with zero attached hydrogens (tertiary/aromatic N) is 1. The molecule has 0 aliphatic carbocycles. The summed E-state index contributed by atoms with van der Waals surface area (Å²) in [6, 6.07) is 31.1.